The SMILES string of the molecule is CCc1ccccc1NC(=O)NC(C)(CC)CCO. The fourth-order valence-electron chi connectivity index (χ4n) is 1.95. The second-order valence-electron chi connectivity index (χ2n) is 4.98. The van der Waals surface area contributed by atoms with Crippen molar-refractivity contribution in [3.8, 4) is 0 Å². The van der Waals surface area contributed by atoms with E-state index in [0.717, 1.165) is 24.1 Å². The van der Waals surface area contributed by atoms with Crippen LogP contribution in [0.3, 0.4) is 0 Å². The van der Waals surface area contributed by atoms with E-state index in [1.54, 1.807) is 0 Å². The van der Waals surface area contributed by atoms with Crippen LogP contribution in [0.4, 0.5) is 10.5 Å². The zero-order valence-corrected chi connectivity index (χ0v) is 12.0. The Morgan fingerprint density at radius 1 is 1.32 bits per heavy atom. The number of hydrogen-bond acceptors (Lipinski definition) is 2. The molecule has 1 atom stereocenters. The molecular weight excluding hydrogens is 240 g/mol. The highest BCUT2D eigenvalue weighted by Gasteiger charge is 2.23. The molecule has 2 amide bonds. The van der Waals surface area contributed by atoms with Gasteiger partial charge >= 0.3 is 6.03 Å². The number of nitrogens with one attached hydrogen (secondary N) is 2. The molecule has 0 saturated heterocycles. The number of hydrogen-bond donors (Lipinski definition) is 3. The van der Waals surface area contributed by atoms with Crippen LogP contribution in [0, 0.1) is 0 Å². The molecule has 1 aromatic carbocycles. The predicted molar refractivity (Wildman–Crippen MR) is 78.4 cm³/mol. The van der Waals surface area contributed by atoms with Crippen LogP contribution in [0.15, 0.2) is 24.3 Å². The maximum absolute atomic E-state index is 12.0. The number of aliphatic hydroxyl groups excluding tert-OH is 1. The molecule has 1 unspecified atom stereocenters. The summed E-state index contributed by atoms with van der Waals surface area (Å²) >= 11 is 0. The van der Waals surface area contributed by atoms with E-state index in [1.807, 2.05) is 38.1 Å². The van der Waals surface area contributed by atoms with Crippen molar-refractivity contribution in [3.63, 3.8) is 0 Å². The van der Waals surface area contributed by atoms with Crippen LogP contribution in [-0.4, -0.2) is 23.3 Å². The normalized spacial score (nSPS) is 13.7. The summed E-state index contributed by atoms with van der Waals surface area (Å²) in [6.45, 7) is 6.06. The van der Waals surface area contributed by atoms with Gasteiger partial charge in [-0.15, -0.1) is 0 Å². The lowest BCUT2D eigenvalue weighted by Gasteiger charge is -2.29. The van der Waals surface area contributed by atoms with Gasteiger partial charge in [0.25, 0.3) is 0 Å². The molecule has 0 bridgehead atoms. The molecule has 0 heterocycles. The number of amides is 2. The number of carbonyl (C=O) groups is 1. The minimum Gasteiger partial charge on any atom is -0.396 e. The number of rotatable bonds is 6. The maximum Gasteiger partial charge on any atom is 0.319 e. The van der Waals surface area contributed by atoms with E-state index in [1.165, 1.54) is 0 Å². The first-order chi connectivity index (χ1) is 9.04. The molecular formula is C15H24N2O2. The second-order valence-corrected chi connectivity index (χ2v) is 4.98. The molecule has 0 fully saturated rings. The number of carbonyl (C=O) groups excluding carboxylic acids is 1. The molecule has 0 aliphatic rings. The van der Waals surface area contributed by atoms with Gasteiger partial charge in [0, 0.05) is 17.8 Å². The third-order valence-corrected chi connectivity index (χ3v) is 3.51. The highest BCUT2D eigenvalue weighted by Crippen LogP contribution is 2.17. The molecule has 3 N–H and O–H groups in total. The number of aliphatic hydroxyl groups is 1. The average Bonchev–Trinajstić information content (AvgIpc) is 2.39. The fourth-order valence-corrected chi connectivity index (χ4v) is 1.95. The molecule has 106 valence electrons. The quantitative estimate of drug-likeness (QED) is 0.740. The first-order valence-electron chi connectivity index (χ1n) is 6.82. The van der Waals surface area contributed by atoms with Crippen molar-refractivity contribution in [3.05, 3.63) is 29.8 Å². The van der Waals surface area contributed by atoms with Crippen molar-refractivity contribution < 1.29 is 9.90 Å². The molecule has 0 radical (unpaired) electrons. The van der Waals surface area contributed by atoms with Crippen molar-refractivity contribution in [1.82, 2.24) is 5.32 Å². The Morgan fingerprint density at radius 2 is 2.00 bits per heavy atom. The van der Waals surface area contributed by atoms with Gasteiger partial charge in [0.1, 0.15) is 0 Å². The number of benzene rings is 1. The van der Waals surface area contributed by atoms with Crippen molar-refractivity contribution in [1.29, 1.82) is 0 Å². The Kier molecular flexibility index (Phi) is 5.83. The molecule has 0 aliphatic carbocycles. The molecule has 0 saturated carbocycles. The molecule has 1 rings (SSSR count). The zero-order valence-electron chi connectivity index (χ0n) is 12.0. The Bertz CT molecular complexity index is 420. The minimum atomic E-state index is -0.375. The standard InChI is InChI=1S/C15H24N2O2/c1-4-12-8-6-7-9-13(12)16-14(19)17-15(3,5-2)10-11-18/h6-9,18H,4-5,10-11H2,1-3H3,(H2,16,17,19). The summed E-state index contributed by atoms with van der Waals surface area (Å²) in [6, 6.07) is 7.54. The molecule has 0 aliphatic heterocycles. The van der Waals surface area contributed by atoms with Crippen molar-refractivity contribution in [2.75, 3.05) is 11.9 Å². The van der Waals surface area contributed by atoms with Gasteiger partial charge in [-0.3, -0.25) is 0 Å². The van der Waals surface area contributed by atoms with Gasteiger partial charge in [-0.2, -0.15) is 0 Å². The average molecular weight is 264 g/mol. The van der Waals surface area contributed by atoms with Crippen LogP contribution in [0.1, 0.15) is 39.2 Å². The van der Waals surface area contributed by atoms with E-state index < -0.39 is 0 Å². The second kappa shape index (κ2) is 7.14. The monoisotopic (exact) mass is 264 g/mol. The Hall–Kier alpha value is -1.55. The maximum atomic E-state index is 12.0. The summed E-state index contributed by atoms with van der Waals surface area (Å²) in [5, 5.41) is 14.9. The van der Waals surface area contributed by atoms with Crippen molar-refractivity contribution in [2.24, 2.45) is 0 Å². The third-order valence-electron chi connectivity index (χ3n) is 3.51. The van der Waals surface area contributed by atoms with E-state index in [2.05, 4.69) is 17.6 Å². The number of anilines is 1. The van der Waals surface area contributed by atoms with Gasteiger partial charge in [0.2, 0.25) is 0 Å². The van der Waals surface area contributed by atoms with Crippen LogP contribution >= 0.6 is 0 Å². The summed E-state index contributed by atoms with van der Waals surface area (Å²) in [5.74, 6) is 0. The molecule has 0 spiro atoms. The first kappa shape index (κ1) is 15.5. The van der Waals surface area contributed by atoms with E-state index in [9.17, 15) is 4.79 Å². The topological polar surface area (TPSA) is 61.4 Å². The van der Waals surface area contributed by atoms with Crippen LogP contribution in [0.25, 0.3) is 0 Å². The minimum absolute atomic E-state index is 0.0656. The largest absolute Gasteiger partial charge is 0.396 e. The third kappa shape index (κ3) is 4.56. The highest BCUT2D eigenvalue weighted by atomic mass is 16.3. The smallest absolute Gasteiger partial charge is 0.319 e. The van der Waals surface area contributed by atoms with Crippen molar-refractivity contribution in [2.45, 2.75) is 45.6 Å². The Labute approximate surface area is 115 Å². The van der Waals surface area contributed by atoms with Gasteiger partial charge in [0.05, 0.1) is 0 Å². The lowest BCUT2D eigenvalue weighted by Crippen LogP contribution is -2.48. The molecule has 1 aromatic rings. The zero-order chi connectivity index (χ0) is 14.3. The van der Waals surface area contributed by atoms with E-state index in [4.69, 9.17) is 5.11 Å². The summed E-state index contributed by atoms with van der Waals surface area (Å²) < 4.78 is 0. The number of para-hydroxylation sites is 1. The molecule has 4 heteroatoms. The van der Waals surface area contributed by atoms with Crippen LogP contribution < -0.4 is 10.6 Å². The molecule has 0 aromatic heterocycles. The number of urea groups is 1. The molecule has 4 nitrogen and oxygen atoms in total. The number of aryl methyl sites for hydroxylation is 1. The molecule has 19 heavy (non-hydrogen) atoms. The highest BCUT2D eigenvalue weighted by molar-refractivity contribution is 5.90. The van der Waals surface area contributed by atoms with E-state index in [0.29, 0.717) is 6.42 Å². The van der Waals surface area contributed by atoms with Crippen LogP contribution in [-0.2, 0) is 6.42 Å². The summed E-state index contributed by atoms with van der Waals surface area (Å²) in [7, 11) is 0. The van der Waals surface area contributed by atoms with Crippen LogP contribution in [0.5, 0.6) is 0 Å². The lowest BCUT2D eigenvalue weighted by atomic mass is 9.95. The fraction of sp³-hybridized carbons (Fsp3) is 0.533. The van der Waals surface area contributed by atoms with Gasteiger partial charge in [-0.1, -0.05) is 32.0 Å². The lowest BCUT2D eigenvalue weighted by molar-refractivity contribution is 0.208. The van der Waals surface area contributed by atoms with E-state index >= 15 is 0 Å². The van der Waals surface area contributed by atoms with Gasteiger partial charge < -0.3 is 15.7 Å². The predicted octanol–water partition coefficient (Wildman–Crippen LogP) is 2.92. The van der Waals surface area contributed by atoms with Gasteiger partial charge in [0.15, 0.2) is 0 Å². The first-order valence-corrected chi connectivity index (χ1v) is 6.82. The van der Waals surface area contributed by atoms with Crippen LogP contribution in [0.2, 0.25) is 0 Å². The summed E-state index contributed by atoms with van der Waals surface area (Å²) in [6.07, 6.45) is 2.20. The Morgan fingerprint density at radius 3 is 2.58 bits per heavy atom. The van der Waals surface area contributed by atoms with E-state index in [-0.39, 0.29) is 18.2 Å². The summed E-state index contributed by atoms with van der Waals surface area (Å²) in [4.78, 5) is 12.0. The van der Waals surface area contributed by atoms with Gasteiger partial charge in [-0.25, -0.2) is 4.79 Å². The Balaban J connectivity index is 2.69. The van der Waals surface area contributed by atoms with Gasteiger partial charge in [-0.05, 0) is 37.8 Å². The summed E-state index contributed by atoms with van der Waals surface area (Å²) in [5.41, 5.74) is 1.57. The van der Waals surface area contributed by atoms with Crippen molar-refractivity contribution >= 4 is 11.7 Å².